The molecule has 1 aromatic carbocycles. The molecule has 3 rings (SSSR count). The molecule has 2 aliphatic heterocycles. The van der Waals surface area contributed by atoms with Crippen LogP contribution < -0.4 is 0 Å². The Morgan fingerprint density at radius 2 is 1.82 bits per heavy atom. The van der Waals surface area contributed by atoms with Gasteiger partial charge in [0, 0.05) is 39.3 Å². The Kier molecular flexibility index (Phi) is 4.77. The van der Waals surface area contributed by atoms with E-state index in [1.165, 1.54) is 5.56 Å². The number of nitriles is 1. The standard InChI is InChI=1S/C18H26N4/c1-20-9-5-8-18(15-19,16-20)22-12-10-21(11-13-22)14-17-6-3-2-4-7-17/h2-4,6-7H,5,8-14,16H2,1H3. The highest BCUT2D eigenvalue weighted by atomic mass is 15.3. The summed E-state index contributed by atoms with van der Waals surface area (Å²) in [6.07, 6.45) is 2.15. The lowest BCUT2D eigenvalue weighted by molar-refractivity contribution is 0.0190. The third kappa shape index (κ3) is 3.33. The second-order valence-electron chi connectivity index (χ2n) is 6.73. The molecular formula is C18H26N4. The van der Waals surface area contributed by atoms with Crippen LogP contribution in [0.15, 0.2) is 30.3 Å². The van der Waals surface area contributed by atoms with Gasteiger partial charge in [-0.3, -0.25) is 9.80 Å². The monoisotopic (exact) mass is 298 g/mol. The van der Waals surface area contributed by atoms with Gasteiger partial charge in [0.1, 0.15) is 5.54 Å². The molecular weight excluding hydrogens is 272 g/mol. The first-order chi connectivity index (χ1) is 10.7. The molecule has 0 spiro atoms. The van der Waals surface area contributed by atoms with E-state index >= 15 is 0 Å². The van der Waals surface area contributed by atoms with Gasteiger partial charge in [0.2, 0.25) is 0 Å². The van der Waals surface area contributed by atoms with Crippen LogP contribution in [0.1, 0.15) is 18.4 Å². The number of piperidine rings is 1. The summed E-state index contributed by atoms with van der Waals surface area (Å²) in [6.45, 7) is 7.17. The van der Waals surface area contributed by atoms with Crippen molar-refractivity contribution in [3.05, 3.63) is 35.9 Å². The molecule has 1 atom stereocenters. The normalized spacial score (nSPS) is 28.4. The van der Waals surface area contributed by atoms with Gasteiger partial charge in [0.15, 0.2) is 0 Å². The topological polar surface area (TPSA) is 33.5 Å². The average Bonchev–Trinajstić information content (AvgIpc) is 2.56. The molecule has 2 heterocycles. The fraction of sp³-hybridized carbons (Fsp3) is 0.611. The predicted molar refractivity (Wildman–Crippen MR) is 88.4 cm³/mol. The van der Waals surface area contributed by atoms with Gasteiger partial charge in [-0.2, -0.15) is 5.26 Å². The fourth-order valence-corrected chi connectivity index (χ4v) is 3.84. The number of benzene rings is 1. The van der Waals surface area contributed by atoms with Gasteiger partial charge in [-0.1, -0.05) is 30.3 Å². The summed E-state index contributed by atoms with van der Waals surface area (Å²) in [5, 5.41) is 9.78. The maximum atomic E-state index is 9.78. The highest BCUT2D eigenvalue weighted by Gasteiger charge is 2.41. The smallest absolute Gasteiger partial charge is 0.122 e. The zero-order chi connectivity index (χ0) is 15.4. The van der Waals surface area contributed by atoms with Crippen LogP contribution in [0.2, 0.25) is 0 Å². The summed E-state index contributed by atoms with van der Waals surface area (Å²) in [6, 6.07) is 13.3. The van der Waals surface area contributed by atoms with Crippen molar-refractivity contribution in [3.8, 4) is 6.07 Å². The second kappa shape index (κ2) is 6.78. The summed E-state index contributed by atoms with van der Waals surface area (Å²) < 4.78 is 0. The Labute approximate surface area is 133 Å². The Morgan fingerprint density at radius 3 is 2.45 bits per heavy atom. The maximum absolute atomic E-state index is 9.78. The highest BCUT2D eigenvalue weighted by molar-refractivity contribution is 5.15. The predicted octanol–water partition coefficient (Wildman–Crippen LogP) is 1.79. The molecule has 0 aliphatic carbocycles. The van der Waals surface area contributed by atoms with Crippen LogP contribution in [0.4, 0.5) is 0 Å². The van der Waals surface area contributed by atoms with Crippen LogP contribution in [-0.4, -0.2) is 66.6 Å². The Morgan fingerprint density at radius 1 is 1.09 bits per heavy atom. The van der Waals surface area contributed by atoms with Gasteiger partial charge in [-0.15, -0.1) is 0 Å². The summed E-state index contributed by atoms with van der Waals surface area (Å²) >= 11 is 0. The van der Waals surface area contributed by atoms with E-state index in [1.807, 2.05) is 0 Å². The first kappa shape index (κ1) is 15.5. The zero-order valence-electron chi connectivity index (χ0n) is 13.5. The van der Waals surface area contributed by atoms with Crippen molar-refractivity contribution >= 4 is 0 Å². The molecule has 0 N–H and O–H groups in total. The number of nitrogens with zero attached hydrogens (tertiary/aromatic N) is 4. The van der Waals surface area contributed by atoms with Crippen molar-refractivity contribution in [3.63, 3.8) is 0 Å². The van der Waals surface area contributed by atoms with E-state index in [2.05, 4.69) is 58.1 Å². The number of likely N-dealkylation sites (N-methyl/N-ethyl adjacent to an activating group) is 1. The van der Waals surface area contributed by atoms with Crippen LogP contribution in [0.5, 0.6) is 0 Å². The van der Waals surface area contributed by atoms with Crippen molar-refractivity contribution < 1.29 is 0 Å². The Bertz CT molecular complexity index is 516. The lowest BCUT2D eigenvalue weighted by Gasteiger charge is -2.47. The van der Waals surface area contributed by atoms with Crippen LogP contribution in [-0.2, 0) is 6.54 Å². The number of piperazine rings is 1. The van der Waals surface area contributed by atoms with Crippen LogP contribution in [0, 0.1) is 11.3 Å². The number of hydrogen-bond acceptors (Lipinski definition) is 4. The largest absolute Gasteiger partial charge is 0.303 e. The minimum absolute atomic E-state index is 0.258. The third-order valence-electron chi connectivity index (χ3n) is 5.10. The lowest BCUT2D eigenvalue weighted by Crippen LogP contribution is -2.61. The molecule has 0 saturated carbocycles. The number of likely N-dealkylation sites (tertiary alicyclic amines) is 1. The van der Waals surface area contributed by atoms with Gasteiger partial charge in [-0.25, -0.2) is 0 Å². The molecule has 22 heavy (non-hydrogen) atoms. The zero-order valence-corrected chi connectivity index (χ0v) is 13.5. The van der Waals surface area contributed by atoms with Gasteiger partial charge >= 0.3 is 0 Å². The molecule has 4 nitrogen and oxygen atoms in total. The second-order valence-corrected chi connectivity index (χ2v) is 6.73. The van der Waals surface area contributed by atoms with Crippen LogP contribution in [0.25, 0.3) is 0 Å². The van der Waals surface area contributed by atoms with E-state index < -0.39 is 0 Å². The molecule has 0 amide bonds. The summed E-state index contributed by atoms with van der Waals surface area (Å²) in [5.41, 5.74) is 1.12. The first-order valence-electron chi connectivity index (χ1n) is 8.33. The fourth-order valence-electron chi connectivity index (χ4n) is 3.84. The highest BCUT2D eigenvalue weighted by Crippen LogP contribution is 2.27. The summed E-state index contributed by atoms with van der Waals surface area (Å²) in [4.78, 5) is 7.25. The number of rotatable bonds is 3. The average molecular weight is 298 g/mol. The van der Waals surface area contributed by atoms with Crippen molar-refractivity contribution in [2.45, 2.75) is 24.9 Å². The molecule has 0 radical (unpaired) electrons. The van der Waals surface area contributed by atoms with E-state index in [0.29, 0.717) is 0 Å². The van der Waals surface area contributed by atoms with Gasteiger partial charge < -0.3 is 4.90 Å². The Hall–Kier alpha value is -1.41. The molecule has 1 aromatic rings. The van der Waals surface area contributed by atoms with Crippen LogP contribution >= 0.6 is 0 Å². The van der Waals surface area contributed by atoms with Crippen molar-refractivity contribution in [2.24, 2.45) is 0 Å². The number of hydrogen-bond donors (Lipinski definition) is 0. The minimum Gasteiger partial charge on any atom is -0.303 e. The molecule has 0 bridgehead atoms. The molecule has 4 heteroatoms. The SMILES string of the molecule is CN1CCCC(C#N)(N2CCN(Cc3ccccc3)CC2)C1. The van der Waals surface area contributed by atoms with E-state index in [1.54, 1.807) is 0 Å². The molecule has 1 unspecified atom stereocenters. The quantitative estimate of drug-likeness (QED) is 0.852. The van der Waals surface area contributed by atoms with E-state index in [-0.39, 0.29) is 5.54 Å². The van der Waals surface area contributed by atoms with E-state index in [0.717, 1.165) is 58.7 Å². The van der Waals surface area contributed by atoms with Crippen molar-refractivity contribution in [1.82, 2.24) is 14.7 Å². The van der Waals surface area contributed by atoms with Gasteiger partial charge in [-0.05, 0) is 32.0 Å². The molecule has 2 aliphatic rings. The molecule has 118 valence electrons. The molecule has 2 fully saturated rings. The maximum Gasteiger partial charge on any atom is 0.122 e. The van der Waals surface area contributed by atoms with E-state index in [4.69, 9.17) is 0 Å². The Balaban J connectivity index is 1.58. The molecule has 2 saturated heterocycles. The van der Waals surface area contributed by atoms with E-state index in [9.17, 15) is 5.26 Å². The van der Waals surface area contributed by atoms with Crippen LogP contribution in [0.3, 0.4) is 0 Å². The first-order valence-corrected chi connectivity index (χ1v) is 8.33. The minimum atomic E-state index is -0.258. The van der Waals surface area contributed by atoms with Gasteiger partial charge in [0.25, 0.3) is 0 Å². The molecule has 0 aromatic heterocycles. The summed E-state index contributed by atoms with van der Waals surface area (Å²) in [7, 11) is 2.14. The van der Waals surface area contributed by atoms with Gasteiger partial charge in [0.05, 0.1) is 6.07 Å². The van der Waals surface area contributed by atoms with Crippen molar-refractivity contribution in [1.29, 1.82) is 5.26 Å². The third-order valence-corrected chi connectivity index (χ3v) is 5.10. The lowest BCUT2D eigenvalue weighted by atomic mass is 9.88. The van der Waals surface area contributed by atoms with Crippen molar-refractivity contribution in [2.75, 3.05) is 46.3 Å². The summed E-state index contributed by atoms with van der Waals surface area (Å²) in [5.74, 6) is 0.